The van der Waals surface area contributed by atoms with Crippen LogP contribution in [0.5, 0.6) is 0 Å². The quantitative estimate of drug-likeness (QED) is 0.195. The first-order valence-electron chi connectivity index (χ1n) is 15.1. The van der Waals surface area contributed by atoms with Crippen LogP contribution in [0.2, 0.25) is 0 Å². The van der Waals surface area contributed by atoms with Gasteiger partial charge in [0.1, 0.15) is 5.65 Å². The van der Waals surface area contributed by atoms with Crippen molar-refractivity contribution in [3.8, 4) is 56.5 Å². The second-order valence-electron chi connectivity index (χ2n) is 11.2. The predicted octanol–water partition coefficient (Wildman–Crippen LogP) is 10.2. The van der Waals surface area contributed by atoms with E-state index in [1.165, 1.54) is 20.2 Å². The highest BCUT2D eigenvalue weighted by molar-refractivity contribution is 7.25. The number of hydrogen-bond donors (Lipinski definition) is 0. The van der Waals surface area contributed by atoms with Gasteiger partial charge in [0.25, 0.3) is 0 Å². The Hall–Kier alpha value is -5.98. The first-order chi connectivity index (χ1) is 22.8. The second-order valence-corrected chi connectivity index (χ2v) is 12.3. The Morgan fingerprint density at radius 3 is 1.83 bits per heavy atom. The van der Waals surface area contributed by atoms with E-state index in [9.17, 15) is 0 Å². The number of hydrogen-bond acceptors (Lipinski definition) is 5. The third kappa shape index (κ3) is 4.64. The zero-order valence-corrected chi connectivity index (χ0v) is 25.4. The fraction of sp³-hybridized carbons (Fsp3) is 0. The van der Waals surface area contributed by atoms with E-state index in [0.29, 0.717) is 17.5 Å². The summed E-state index contributed by atoms with van der Waals surface area (Å²) in [7, 11) is 0. The van der Waals surface area contributed by atoms with Crippen molar-refractivity contribution in [1.82, 2.24) is 24.3 Å². The summed E-state index contributed by atoms with van der Waals surface area (Å²) < 4.78 is 4.56. The van der Waals surface area contributed by atoms with Gasteiger partial charge < -0.3 is 4.40 Å². The Morgan fingerprint density at radius 1 is 0.435 bits per heavy atom. The van der Waals surface area contributed by atoms with Crippen molar-refractivity contribution >= 4 is 37.2 Å². The van der Waals surface area contributed by atoms with Gasteiger partial charge in [0.2, 0.25) is 0 Å². The Balaban J connectivity index is 1.16. The highest BCUT2D eigenvalue weighted by Crippen LogP contribution is 2.40. The topological polar surface area (TPSA) is 56.0 Å². The fourth-order valence-electron chi connectivity index (χ4n) is 6.04. The molecule has 0 aliphatic carbocycles. The van der Waals surface area contributed by atoms with Crippen LogP contribution >= 0.6 is 11.3 Å². The second kappa shape index (κ2) is 10.9. The van der Waals surface area contributed by atoms with E-state index in [2.05, 4.69) is 65.2 Å². The number of fused-ring (bicyclic) bond motifs is 4. The number of pyridine rings is 1. The van der Waals surface area contributed by atoms with Crippen molar-refractivity contribution in [2.75, 3.05) is 0 Å². The van der Waals surface area contributed by atoms with Crippen LogP contribution in [0.15, 0.2) is 152 Å². The first kappa shape index (κ1) is 26.4. The van der Waals surface area contributed by atoms with Crippen LogP contribution in [-0.4, -0.2) is 24.3 Å². The summed E-state index contributed by atoms with van der Waals surface area (Å²) in [5.41, 5.74) is 8.11. The molecular formula is C40H25N5S. The Morgan fingerprint density at radius 2 is 1.09 bits per heavy atom. The number of nitrogens with zero attached hydrogens (tertiary/aromatic N) is 5. The van der Waals surface area contributed by atoms with Gasteiger partial charge in [-0.1, -0.05) is 109 Å². The average molecular weight is 608 g/mol. The highest BCUT2D eigenvalue weighted by atomic mass is 32.1. The zero-order chi connectivity index (χ0) is 30.5. The number of benzene rings is 5. The van der Waals surface area contributed by atoms with Crippen molar-refractivity contribution in [3.63, 3.8) is 0 Å². The van der Waals surface area contributed by atoms with Crippen molar-refractivity contribution in [2.24, 2.45) is 0 Å². The minimum atomic E-state index is 0.649. The molecule has 9 rings (SSSR count). The smallest absolute Gasteiger partial charge is 0.164 e. The van der Waals surface area contributed by atoms with Gasteiger partial charge in [-0.3, -0.25) is 0 Å². The average Bonchev–Trinajstić information content (AvgIpc) is 3.73. The fourth-order valence-corrected chi connectivity index (χ4v) is 7.16. The maximum Gasteiger partial charge on any atom is 0.164 e. The molecule has 216 valence electrons. The summed E-state index contributed by atoms with van der Waals surface area (Å²) in [4.78, 5) is 19.8. The molecular weight excluding hydrogens is 583 g/mol. The molecule has 0 radical (unpaired) electrons. The molecule has 9 aromatic rings. The summed E-state index contributed by atoms with van der Waals surface area (Å²) in [6.45, 7) is 0. The van der Waals surface area contributed by atoms with Crippen LogP contribution in [0.3, 0.4) is 0 Å². The number of imidazole rings is 1. The maximum absolute atomic E-state index is 5.01. The Labute approximate surface area is 269 Å². The van der Waals surface area contributed by atoms with Gasteiger partial charge in [-0.25, -0.2) is 19.9 Å². The third-order valence-electron chi connectivity index (χ3n) is 8.31. The van der Waals surface area contributed by atoms with Crippen molar-refractivity contribution in [3.05, 3.63) is 152 Å². The third-order valence-corrected chi connectivity index (χ3v) is 9.44. The van der Waals surface area contributed by atoms with Crippen molar-refractivity contribution in [1.29, 1.82) is 0 Å². The van der Waals surface area contributed by atoms with Crippen LogP contribution in [0.25, 0.3) is 82.4 Å². The van der Waals surface area contributed by atoms with Crippen LogP contribution in [0.4, 0.5) is 0 Å². The van der Waals surface area contributed by atoms with Crippen LogP contribution in [-0.2, 0) is 0 Å². The molecule has 6 heteroatoms. The van der Waals surface area contributed by atoms with Gasteiger partial charge in [0.05, 0.1) is 5.69 Å². The molecule has 0 amide bonds. The Kier molecular flexibility index (Phi) is 6.25. The number of rotatable bonds is 5. The van der Waals surface area contributed by atoms with Crippen LogP contribution in [0.1, 0.15) is 0 Å². The molecule has 5 nitrogen and oxygen atoms in total. The zero-order valence-electron chi connectivity index (χ0n) is 24.6. The molecule has 4 aromatic heterocycles. The van der Waals surface area contributed by atoms with Gasteiger partial charge in [-0.2, -0.15) is 0 Å². The predicted molar refractivity (Wildman–Crippen MR) is 189 cm³/mol. The van der Waals surface area contributed by atoms with E-state index in [1.807, 2.05) is 102 Å². The molecule has 46 heavy (non-hydrogen) atoms. The first-order valence-corrected chi connectivity index (χ1v) is 16.0. The van der Waals surface area contributed by atoms with E-state index in [1.54, 1.807) is 0 Å². The van der Waals surface area contributed by atoms with Gasteiger partial charge in [0, 0.05) is 54.8 Å². The monoisotopic (exact) mass is 607 g/mol. The minimum absolute atomic E-state index is 0.649. The lowest BCUT2D eigenvalue weighted by atomic mass is 9.97. The molecule has 4 heterocycles. The number of aromatic nitrogens is 5. The normalized spacial score (nSPS) is 11.5. The molecule has 0 unspecified atom stereocenters. The van der Waals surface area contributed by atoms with Gasteiger partial charge in [-0.15, -0.1) is 11.3 Å². The van der Waals surface area contributed by atoms with Gasteiger partial charge in [0.15, 0.2) is 17.5 Å². The molecule has 0 aliphatic rings. The summed E-state index contributed by atoms with van der Waals surface area (Å²) in [5.74, 6) is 1.95. The molecule has 0 bridgehead atoms. The molecule has 0 spiro atoms. The lowest BCUT2D eigenvalue weighted by molar-refractivity contribution is 1.07. The molecule has 5 aromatic carbocycles. The molecule has 0 saturated carbocycles. The lowest BCUT2D eigenvalue weighted by Crippen LogP contribution is -2.01. The highest BCUT2D eigenvalue weighted by Gasteiger charge is 2.17. The minimum Gasteiger partial charge on any atom is -0.306 e. The summed E-state index contributed by atoms with van der Waals surface area (Å²) >= 11 is 1.81. The van der Waals surface area contributed by atoms with E-state index in [-0.39, 0.29) is 0 Å². The molecule has 0 aliphatic heterocycles. The molecule has 0 saturated heterocycles. The summed E-state index contributed by atoms with van der Waals surface area (Å²) in [6, 6.07) is 48.1. The molecule has 0 atom stereocenters. The summed E-state index contributed by atoms with van der Waals surface area (Å²) in [5, 5.41) is 2.48. The lowest BCUT2D eigenvalue weighted by Gasteiger charge is -2.12. The van der Waals surface area contributed by atoms with Crippen LogP contribution < -0.4 is 0 Å². The van der Waals surface area contributed by atoms with Crippen molar-refractivity contribution < 1.29 is 0 Å². The van der Waals surface area contributed by atoms with Gasteiger partial charge in [-0.05, 0) is 41.5 Å². The van der Waals surface area contributed by atoms with E-state index >= 15 is 0 Å². The molecule has 0 N–H and O–H groups in total. The van der Waals surface area contributed by atoms with E-state index in [4.69, 9.17) is 19.9 Å². The van der Waals surface area contributed by atoms with Crippen molar-refractivity contribution in [2.45, 2.75) is 0 Å². The SMILES string of the molecule is c1ccc(-c2nc(-c3ccccc3)nc(-c3ccccc3-c3ccc4sc5cc(-c6cn7ccccc7n6)ccc5c4c3)n2)cc1. The van der Waals surface area contributed by atoms with E-state index in [0.717, 1.165) is 44.7 Å². The maximum atomic E-state index is 5.01. The Bertz CT molecular complexity index is 2440. The number of thiophene rings is 1. The van der Waals surface area contributed by atoms with E-state index < -0.39 is 0 Å². The van der Waals surface area contributed by atoms with Crippen LogP contribution in [0, 0.1) is 0 Å². The molecule has 0 fully saturated rings. The van der Waals surface area contributed by atoms with Gasteiger partial charge >= 0.3 is 0 Å². The largest absolute Gasteiger partial charge is 0.306 e. The standard InChI is InChI=1S/C40H25N5S/c1-3-11-26(12-4-1)38-42-39(27-13-5-2-6-14-27)44-40(43-38)32-16-8-7-15-30(32)28-19-21-35-33(23-28)31-20-18-29(24-36(31)46-35)34-25-45-22-10-9-17-37(45)41-34/h1-25H. The summed E-state index contributed by atoms with van der Waals surface area (Å²) in [6.07, 6.45) is 4.12.